The predicted molar refractivity (Wildman–Crippen MR) is 73.9 cm³/mol. The third-order valence-corrected chi connectivity index (χ3v) is 3.01. The lowest BCUT2D eigenvalue weighted by Crippen LogP contribution is -1.89. The summed E-state index contributed by atoms with van der Waals surface area (Å²) < 4.78 is 5.13. The van der Waals surface area contributed by atoms with E-state index in [9.17, 15) is 0 Å². The van der Waals surface area contributed by atoms with Crippen LogP contribution >= 0.6 is 0 Å². The first-order chi connectivity index (χ1) is 10.9. The Morgan fingerprint density at radius 2 is 1.91 bits per heavy atom. The highest BCUT2D eigenvalue weighted by Crippen LogP contribution is 2.23. The van der Waals surface area contributed by atoms with Crippen molar-refractivity contribution in [2.24, 2.45) is 0 Å². The van der Waals surface area contributed by atoms with Crippen LogP contribution in [-0.2, 0) is 0 Å². The number of nitrogens with zero attached hydrogens (tertiary/aromatic N) is 7. The van der Waals surface area contributed by atoms with E-state index in [0.29, 0.717) is 11.7 Å². The number of pyridine rings is 2. The molecule has 4 rings (SSSR count). The van der Waals surface area contributed by atoms with Crippen molar-refractivity contribution in [1.82, 2.24) is 40.8 Å². The number of tetrazole rings is 1. The molecule has 0 aliphatic rings. The fraction of sp³-hybridized carbons (Fsp3) is 0. The third kappa shape index (κ3) is 2.20. The molecule has 0 amide bonds. The summed E-state index contributed by atoms with van der Waals surface area (Å²) in [6, 6.07) is 5.61. The average Bonchev–Trinajstić information content (AvgIpc) is 3.29. The maximum Gasteiger partial charge on any atom is 0.248 e. The number of hydrogen-bond acceptors (Lipinski definition) is 8. The van der Waals surface area contributed by atoms with Crippen LogP contribution in [0.1, 0.15) is 0 Å². The first-order valence-corrected chi connectivity index (χ1v) is 6.32. The van der Waals surface area contributed by atoms with Gasteiger partial charge in [-0.15, -0.1) is 20.4 Å². The van der Waals surface area contributed by atoms with Gasteiger partial charge in [-0.25, -0.2) is 0 Å². The molecule has 0 saturated carbocycles. The van der Waals surface area contributed by atoms with Gasteiger partial charge in [-0.1, -0.05) is 0 Å². The van der Waals surface area contributed by atoms with Crippen LogP contribution in [-0.4, -0.2) is 40.8 Å². The van der Waals surface area contributed by atoms with Crippen LogP contribution in [0.15, 0.2) is 47.6 Å². The van der Waals surface area contributed by atoms with Gasteiger partial charge in [0.15, 0.2) is 0 Å². The monoisotopic (exact) mass is 292 g/mol. The zero-order valence-corrected chi connectivity index (χ0v) is 11.1. The zero-order chi connectivity index (χ0) is 14.8. The van der Waals surface area contributed by atoms with Gasteiger partial charge in [0.1, 0.15) is 0 Å². The molecule has 0 spiro atoms. The van der Waals surface area contributed by atoms with Crippen molar-refractivity contribution < 1.29 is 4.42 Å². The van der Waals surface area contributed by atoms with Gasteiger partial charge >= 0.3 is 0 Å². The topological polar surface area (TPSA) is 119 Å². The molecule has 22 heavy (non-hydrogen) atoms. The molecule has 0 atom stereocenters. The van der Waals surface area contributed by atoms with E-state index in [0.717, 1.165) is 22.4 Å². The average molecular weight is 292 g/mol. The SMILES string of the molecule is c1nnc(-c2ccc(-c3cncc(-c4nn[nH]n4)c3)nc2)o1. The highest BCUT2D eigenvalue weighted by molar-refractivity contribution is 5.67. The van der Waals surface area contributed by atoms with E-state index in [1.165, 1.54) is 6.39 Å². The first kappa shape index (κ1) is 12.3. The maximum atomic E-state index is 5.13. The number of aromatic amines is 1. The van der Waals surface area contributed by atoms with Gasteiger partial charge in [0, 0.05) is 29.7 Å². The molecule has 1 N–H and O–H groups in total. The summed E-state index contributed by atoms with van der Waals surface area (Å²) in [6.45, 7) is 0. The van der Waals surface area contributed by atoms with Crippen molar-refractivity contribution >= 4 is 0 Å². The molecule has 4 aromatic rings. The van der Waals surface area contributed by atoms with Gasteiger partial charge < -0.3 is 4.42 Å². The molecule has 9 heteroatoms. The molecule has 4 heterocycles. The third-order valence-electron chi connectivity index (χ3n) is 3.01. The summed E-state index contributed by atoms with van der Waals surface area (Å²) >= 11 is 0. The highest BCUT2D eigenvalue weighted by atomic mass is 16.4. The largest absolute Gasteiger partial charge is 0.423 e. The van der Waals surface area contributed by atoms with E-state index in [1.54, 1.807) is 18.6 Å². The lowest BCUT2D eigenvalue weighted by molar-refractivity contribution is 0.568. The second-order valence-corrected chi connectivity index (χ2v) is 4.37. The van der Waals surface area contributed by atoms with E-state index < -0.39 is 0 Å². The first-order valence-electron chi connectivity index (χ1n) is 6.32. The minimum Gasteiger partial charge on any atom is -0.423 e. The summed E-state index contributed by atoms with van der Waals surface area (Å²) in [5, 5.41) is 21.3. The Hall–Kier alpha value is -3.49. The molecular formula is C13H8N8O. The summed E-state index contributed by atoms with van der Waals surface area (Å²) in [5.74, 6) is 0.912. The van der Waals surface area contributed by atoms with Crippen molar-refractivity contribution in [2.45, 2.75) is 0 Å². The molecular weight excluding hydrogens is 284 g/mol. The summed E-state index contributed by atoms with van der Waals surface area (Å²) in [7, 11) is 0. The predicted octanol–water partition coefficient (Wildman–Crippen LogP) is 1.37. The van der Waals surface area contributed by atoms with E-state index in [2.05, 4.69) is 40.8 Å². The van der Waals surface area contributed by atoms with E-state index in [-0.39, 0.29) is 0 Å². The molecule has 0 bridgehead atoms. The molecule has 0 aliphatic carbocycles. The molecule has 0 aromatic carbocycles. The Morgan fingerprint density at radius 3 is 2.64 bits per heavy atom. The lowest BCUT2D eigenvalue weighted by atomic mass is 10.1. The molecule has 0 aliphatic heterocycles. The zero-order valence-electron chi connectivity index (χ0n) is 11.1. The standard InChI is InChI=1S/C13H8N8O/c1-2-11(15-6-8(1)13-19-16-7-22-13)9-3-10(5-14-4-9)12-17-20-21-18-12/h1-7H,(H,17,18,20,21). The Labute approximate surface area is 123 Å². The minimum absolute atomic E-state index is 0.428. The maximum absolute atomic E-state index is 5.13. The van der Waals surface area contributed by atoms with Crippen LogP contribution in [0.5, 0.6) is 0 Å². The van der Waals surface area contributed by atoms with Crippen LogP contribution in [0.3, 0.4) is 0 Å². The van der Waals surface area contributed by atoms with Crippen LogP contribution in [0.4, 0.5) is 0 Å². The Morgan fingerprint density at radius 1 is 0.955 bits per heavy atom. The van der Waals surface area contributed by atoms with Crippen LogP contribution in [0, 0.1) is 0 Å². The van der Waals surface area contributed by atoms with Crippen molar-refractivity contribution in [1.29, 1.82) is 0 Å². The van der Waals surface area contributed by atoms with Gasteiger partial charge in [0.05, 0.1) is 11.3 Å². The molecule has 9 nitrogen and oxygen atoms in total. The number of H-pyrrole nitrogens is 1. The van der Waals surface area contributed by atoms with Crippen LogP contribution < -0.4 is 0 Å². The quantitative estimate of drug-likeness (QED) is 0.601. The molecule has 0 saturated heterocycles. The summed E-state index contributed by atoms with van der Waals surface area (Å²) in [5.41, 5.74) is 3.12. The van der Waals surface area contributed by atoms with Crippen molar-refractivity contribution in [3.05, 3.63) is 43.2 Å². The smallest absolute Gasteiger partial charge is 0.248 e. The van der Waals surface area contributed by atoms with Crippen LogP contribution in [0.2, 0.25) is 0 Å². The fourth-order valence-electron chi connectivity index (χ4n) is 1.98. The summed E-state index contributed by atoms with van der Waals surface area (Å²) in [6.07, 6.45) is 6.34. The van der Waals surface area contributed by atoms with Crippen molar-refractivity contribution in [3.8, 4) is 34.1 Å². The van der Waals surface area contributed by atoms with E-state index in [4.69, 9.17) is 4.42 Å². The second kappa shape index (κ2) is 5.13. The van der Waals surface area contributed by atoms with Crippen LogP contribution in [0.25, 0.3) is 34.1 Å². The number of hydrogen-bond donors (Lipinski definition) is 1. The van der Waals surface area contributed by atoms with Crippen molar-refractivity contribution in [2.75, 3.05) is 0 Å². The van der Waals surface area contributed by atoms with E-state index in [1.807, 2.05) is 18.2 Å². The van der Waals surface area contributed by atoms with Gasteiger partial charge in [-0.2, -0.15) is 5.21 Å². The Bertz CT molecular complexity index is 871. The fourth-order valence-corrected chi connectivity index (χ4v) is 1.98. The summed E-state index contributed by atoms with van der Waals surface area (Å²) in [4.78, 5) is 8.58. The van der Waals surface area contributed by atoms with Gasteiger partial charge in [0.2, 0.25) is 18.1 Å². The second-order valence-electron chi connectivity index (χ2n) is 4.37. The van der Waals surface area contributed by atoms with Gasteiger partial charge in [0.25, 0.3) is 0 Å². The molecule has 4 aromatic heterocycles. The highest BCUT2D eigenvalue weighted by Gasteiger charge is 2.08. The number of nitrogens with one attached hydrogen (secondary N) is 1. The molecule has 106 valence electrons. The van der Waals surface area contributed by atoms with Gasteiger partial charge in [-0.05, 0) is 23.4 Å². The minimum atomic E-state index is 0.428. The molecule has 0 unspecified atom stereocenters. The lowest BCUT2D eigenvalue weighted by Gasteiger charge is -2.02. The van der Waals surface area contributed by atoms with Crippen molar-refractivity contribution in [3.63, 3.8) is 0 Å². The molecule has 0 radical (unpaired) electrons. The Balaban J connectivity index is 1.69. The number of rotatable bonds is 3. The normalized spacial score (nSPS) is 10.7. The van der Waals surface area contributed by atoms with E-state index >= 15 is 0 Å². The number of aromatic nitrogens is 8. The Kier molecular flexibility index (Phi) is 2.86. The van der Waals surface area contributed by atoms with Gasteiger partial charge in [-0.3, -0.25) is 9.97 Å². The molecule has 0 fully saturated rings.